The molecule has 0 N–H and O–H groups in total. The molecular weight excluding hydrogens is 372 g/mol. The molecule has 1 fully saturated rings. The van der Waals surface area contributed by atoms with Crippen LogP contribution in [0.3, 0.4) is 0 Å². The number of ether oxygens (including phenoxy) is 2. The van der Waals surface area contributed by atoms with Crippen LogP contribution >= 0.6 is 0 Å². The van der Waals surface area contributed by atoms with Crippen LogP contribution in [-0.4, -0.2) is 25.8 Å². The second kappa shape index (κ2) is 18.0. The Labute approximate surface area is 186 Å². The van der Waals surface area contributed by atoms with Crippen molar-refractivity contribution in [2.45, 2.75) is 128 Å². The third-order valence-electron chi connectivity index (χ3n) is 6.82. The fraction of sp³-hybridized carbons (Fsp3) is 0.889. The molecule has 30 heavy (non-hydrogen) atoms. The van der Waals surface area contributed by atoms with Crippen molar-refractivity contribution < 1.29 is 14.3 Å². The summed E-state index contributed by atoms with van der Waals surface area (Å²) in [5, 5.41) is 0. The Morgan fingerprint density at radius 2 is 1.37 bits per heavy atom. The molecule has 0 saturated carbocycles. The molecule has 1 saturated heterocycles. The highest BCUT2D eigenvalue weighted by Gasteiger charge is 2.17. The molecule has 0 aromatic rings. The molecule has 3 nitrogen and oxygen atoms in total. The van der Waals surface area contributed by atoms with Gasteiger partial charge >= 0.3 is 0 Å². The summed E-state index contributed by atoms with van der Waals surface area (Å²) in [7, 11) is 0. The topological polar surface area (TPSA) is 35.5 Å². The third-order valence-corrected chi connectivity index (χ3v) is 6.82. The predicted molar refractivity (Wildman–Crippen MR) is 126 cm³/mol. The van der Waals surface area contributed by atoms with Crippen molar-refractivity contribution in [1.29, 1.82) is 0 Å². The molecule has 0 aromatic heterocycles. The number of rotatable bonds is 19. The van der Waals surface area contributed by atoms with Crippen molar-refractivity contribution in [2.75, 3.05) is 13.2 Å². The van der Waals surface area contributed by atoms with Gasteiger partial charge in [-0.15, -0.1) is 0 Å². The molecule has 0 radical (unpaired) electrons. The first-order valence-corrected chi connectivity index (χ1v) is 13.2. The molecule has 0 amide bonds. The van der Waals surface area contributed by atoms with E-state index in [0.717, 1.165) is 38.3 Å². The highest BCUT2D eigenvalue weighted by atomic mass is 16.7. The molecule has 3 atom stereocenters. The molecule has 1 aliphatic carbocycles. The molecule has 2 aliphatic rings. The summed E-state index contributed by atoms with van der Waals surface area (Å²) in [5.74, 6) is 1.27. The standard InChI is InChI=1S/C27H48O3/c28-21-20-26-19-18-25(24-26)16-12-10-8-6-4-2-1-3-5-7-9-11-14-22-29-27-17-13-15-23-30-27/h18-19,21,25-27H,1-17,20,22-24H2/t25-,26+,27?/m0/s1. The van der Waals surface area contributed by atoms with Gasteiger partial charge in [-0.1, -0.05) is 89.2 Å². The van der Waals surface area contributed by atoms with Crippen LogP contribution in [-0.2, 0) is 14.3 Å². The lowest BCUT2D eigenvalue weighted by Gasteiger charge is -2.22. The Morgan fingerprint density at radius 3 is 1.97 bits per heavy atom. The summed E-state index contributed by atoms with van der Waals surface area (Å²) in [5.41, 5.74) is 0. The molecule has 174 valence electrons. The number of carbonyl (C=O) groups is 1. The van der Waals surface area contributed by atoms with E-state index in [-0.39, 0.29) is 6.29 Å². The zero-order chi connectivity index (χ0) is 21.1. The number of allylic oxidation sites excluding steroid dienone is 2. The average molecular weight is 421 g/mol. The van der Waals surface area contributed by atoms with E-state index in [0.29, 0.717) is 5.92 Å². The SMILES string of the molecule is O=CC[C@H]1C=C[C@H](CCCCCCCCCCCCCCCOC2CCCCO2)C1. The van der Waals surface area contributed by atoms with E-state index in [1.165, 1.54) is 109 Å². The summed E-state index contributed by atoms with van der Waals surface area (Å²) in [6, 6.07) is 0. The molecule has 1 heterocycles. The van der Waals surface area contributed by atoms with Crippen LogP contribution in [0.25, 0.3) is 0 Å². The number of hydrogen-bond acceptors (Lipinski definition) is 3. The number of aldehydes is 1. The van der Waals surface area contributed by atoms with Gasteiger partial charge in [-0.25, -0.2) is 0 Å². The Kier molecular flexibility index (Phi) is 15.3. The highest BCUT2D eigenvalue weighted by molar-refractivity contribution is 5.50. The first-order valence-electron chi connectivity index (χ1n) is 13.2. The van der Waals surface area contributed by atoms with Crippen LogP contribution < -0.4 is 0 Å². The maximum Gasteiger partial charge on any atom is 0.157 e. The van der Waals surface area contributed by atoms with Gasteiger partial charge < -0.3 is 14.3 Å². The largest absolute Gasteiger partial charge is 0.353 e. The van der Waals surface area contributed by atoms with Gasteiger partial charge in [-0.2, -0.15) is 0 Å². The van der Waals surface area contributed by atoms with E-state index in [1.54, 1.807) is 0 Å². The minimum Gasteiger partial charge on any atom is -0.353 e. The first kappa shape index (κ1) is 25.6. The van der Waals surface area contributed by atoms with E-state index >= 15 is 0 Å². The van der Waals surface area contributed by atoms with Crippen molar-refractivity contribution in [2.24, 2.45) is 11.8 Å². The molecule has 2 rings (SSSR count). The van der Waals surface area contributed by atoms with Crippen LogP contribution in [0, 0.1) is 11.8 Å². The molecule has 1 aliphatic heterocycles. The van der Waals surface area contributed by atoms with Gasteiger partial charge in [-0.3, -0.25) is 0 Å². The third kappa shape index (κ3) is 12.9. The van der Waals surface area contributed by atoms with E-state index in [2.05, 4.69) is 12.2 Å². The summed E-state index contributed by atoms with van der Waals surface area (Å²) in [6.45, 7) is 1.76. The van der Waals surface area contributed by atoms with Crippen molar-refractivity contribution >= 4 is 6.29 Å². The van der Waals surface area contributed by atoms with Crippen molar-refractivity contribution in [3.05, 3.63) is 12.2 Å². The zero-order valence-corrected chi connectivity index (χ0v) is 19.5. The van der Waals surface area contributed by atoms with Crippen molar-refractivity contribution in [3.63, 3.8) is 0 Å². The number of unbranched alkanes of at least 4 members (excludes halogenated alkanes) is 12. The van der Waals surface area contributed by atoms with E-state index in [4.69, 9.17) is 9.47 Å². The van der Waals surface area contributed by atoms with Crippen molar-refractivity contribution in [1.82, 2.24) is 0 Å². The van der Waals surface area contributed by atoms with Crippen LogP contribution in [0.5, 0.6) is 0 Å². The Hall–Kier alpha value is -0.670. The van der Waals surface area contributed by atoms with Gasteiger partial charge in [0.05, 0.1) is 0 Å². The fourth-order valence-electron chi connectivity index (χ4n) is 4.88. The molecule has 0 spiro atoms. The minimum absolute atomic E-state index is 0.0881. The first-order chi connectivity index (χ1) is 14.9. The smallest absolute Gasteiger partial charge is 0.157 e. The quantitative estimate of drug-likeness (QED) is 0.122. The lowest BCUT2D eigenvalue weighted by Crippen LogP contribution is -2.22. The summed E-state index contributed by atoms with van der Waals surface area (Å²) in [4.78, 5) is 10.6. The minimum atomic E-state index is 0.0881. The van der Waals surface area contributed by atoms with Crippen LogP contribution in [0.15, 0.2) is 12.2 Å². The normalized spacial score (nSPS) is 23.8. The van der Waals surface area contributed by atoms with Gasteiger partial charge in [0.1, 0.15) is 6.29 Å². The average Bonchev–Trinajstić information content (AvgIpc) is 3.22. The second-order valence-electron chi connectivity index (χ2n) is 9.59. The van der Waals surface area contributed by atoms with Crippen molar-refractivity contribution in [3.8, 4) is 0 Å². The Balaban J connectivity index is 1.22. The molecule has 0 aromatic carbocycles. The Morgan fingerprint density at radius 1 is 0.767 bits per heavy atom. The maximum atomic E-state index is 10.6. The second-order valence-corrected chi connectivity index (χ2v) is 9.59. The van der Waals surface area contributed by atoms with Crippen LogP contribution in [0.2, 0.25) is 0 Å². The van der Waals surface area contributed by atoms with Gasteiger partial charge in [-0.05, 0) is 50.4 Å². The molecule has 0 bridgehead atoms. The number of hydrogen-bond donors (Lipinski definition) is 0. The monoisotopic (exact) mass is 420 g/mol. The van der Waals surface area contributed by atoms with Gasteiger partial charge in [0.2, 0.25) is 0 Å². The maximum absolute atomic E-state index is 10.6. The van der Waals surface area contributed by atoms with Gasteiger partial charge in [0.25, 0.3) is 0 Å². The predicted octanol–water partition coefficient (Wildman–Crippen LogP) is 7.77. The molecule has 1 unspecified atom stereocenters. The van der Waals surface area contributed by atoms with E-state index in [9.17, 15) is 4.79 Å². The van der Waals surface area contributed by atoms with Gasteiger partial charge in [0.15, 0.2) is 6.29 Å². The van der Waals surface area contributed by atoms with Gasteiger partial charge in [0, 0.05) is 19.6 Å². The van der Waals surface area contributed by atoms with E-state index < -0.39 is 0 Å². The molecule has 3 heteroatoms. The lowest BCUT2D eigenvalue weighted by molar-refractivity contribution is -0.162. The molecular formula is C27H48O3. The summed E-state index contributed by atoms with van der Waals surface area (Å²) < 4.78 is 11.4. The highest BCUT2D eigenvalue weighted by Crippen LogP contribution is 2.29. The van der Waals surface area contributed by atoms with Crippen LogP contribution in [0.4, 0.5) is 0 Å². The zero-order valence-electron chi connectivity index (χ0n) is 19.5. The summed E-state index contributed by atoms with van der Waals surface area (Å²) >= 11 is 0. The fourth-order valence-corrected chi connectivity index (χ4v) is 4.88. The number of carbonyl (C=O) groups excluding carboxylic acids is 1. The van der Waals surface area contributed by atoms with E-state index in [1.807, 2.05) is 0 Å². The Bertz CT molecular complexity index is 428. The summed E-state index contributed by atoms with van der Waals surface area (Å²) in [6.07, 6.45) is 30.5. The van der Waals surface area contributed by atoms with Crippen LogP contribution in [0.1, 0.15) is 122 Å². The lowest BCUT2D eigenvalue weighted by atomic mass is 9.95.